The lowest BCUT2D eigenvalue weighted by Gasteiger charge is -2.11. The molecule has 1 aliphatic heterocycles. The molecule has 0 N–H and O–H groups in total. The van der Waals surface area contributed by atoms with E-state index >= 15 is 0 Å². The zero-order chi connectivity index (χ0) is 21.0. The summed E-state index contributed by atoms with van der Waals surface area (Å²) in [6.45, 7) is 6.90. The molecule has 0 saturated carbocycles. The van der Waals surface area contributed by atoms with Crippen LogP contribution < -0.4 is 5.32 Å². The number of rotatable bonds is 21. The first-order chi connectivity index (χ1) is 14.3. The first kappa shape index (κ1) is 26.3. The molecule has 0 aromatic rings. The van der Waals surface area contributed by atoms with Crippen molar-refractivity contribution in [1.29, 1.82) is 0 Å². The van der Waals surface area contributed by atoms with E-state index < -0.39 is 0 Å². The van der Waals surface area contributed by atoms with Crippen molar-refractivity contribution in [2.24, 2.45) is 0 Å². The summed E-state index contributed by atoms with van der Waals surface area (Å²) < 4.78 is 0. The smallest absolute Gasteiger partial charge is 0.0438 e. The minimum atomic E-state index is 1.22. The lowest BCUT2D eigenvalue weighted by molar-refractivity contribution is 0.591. The molecule has 0 saturated heterocycles. The molecule has 0 amide bonds. The number of nitrogens with zero attached hydrogens (tertiary/aromatic N) is 1. The van der Waals surface area contributed by atoms with Gasteiger partial charge < -0.3 is 0 Å². The fourth-order valence-electron chi connectivity index (χ4n) is 4.48. The zero-order valence-electron chi connectivity index (χ0n) is 20.4. The van der Waals surface area contributed by atoms with E-state index in [-0.39, 0.29) is 0 Å². The maximum atomic E-state index is 4.91. The van der Waals surface area contributed by atoms with Crippen molar-refractivity contribution in [3.63, 3.8) is 0 Å². The highest BCUT2D eigenvalue weighted by Gasteiger charge is 2.18. The van der Waals surface area contributed by atoms with Gasteiger partial charge in [-0.2, -0.15) is 0 Å². The standard InChI is InChI=1S/C28H52N/c1-4-7-10-13-16-19-22-26-25-29-28(24-21-18-15-12-9-6-3)27(26)23-20-17-14-11-8-5-2/h25H,4-24H2,1-3H3. The van der Waals surface area contributed by atoms with Crippen LogP contribution in [0.1, 0.15) is 156 Å². The van der Waals surface area contributed by atoms with Crippen LogP contribution in [0.3, 0.4) is 0 Å². The third-order valence-corrected chi connectivity index (χ3v) is 6.46. The first-order valence-corrected chi connectivity index (χ1v) is 13.5. The summed E-state index contributed by atoms with van der Waals surface area (Å²) in [5.74, 6) is 0. The van der Waals surface area contributed by atoms with Crippen LogP contribution in [0, 0.1) is 0 Å². The third kappa shape index (κ3) is 13.2. The highest BCUT2D eigenvalue weighted by atomic mass is 14.9. The van der Waals surface area contributed by atoms with E-state index in [1.807, 2.05) is 0 Å². The predicted octanol–water partition coefficient (Wildman–Crippen LogP) is 9.99. The van der Waals surface area contributed by atoms with E-state index in [2.05, 4.69) is 27.0 Å². The monoisotopic (exact) mass is 402 g/mol. The summed E-state index contributed by atoms with van der Waals surface area (Å²) >= 11 is 0. The Bertz CT molecular complexity index is 432. The highest BCUT2D eigenvalue weighted by molar-refractivity contribution is 5.40. The second-order valence-corrected chi connectivity index (χ2v) is 9.26. The summed E-state index contributed by atoms with van der Waals surface area (Å²) in [4.78, 5) is 0. The topological polar surface area (TPSA) is 14.1 Å². The van der Waals surface area contributed by atoms with Crippen molar-refractivity contribution in [2.45, 2.75) is 156 Å². The quantitative estimate of drug-likeness (QED) is 0.169. The van der Waals surface area contributed by atoms with Gasteiger partial charge >= 0.3 is 0 Å². The van der Waals surface area contributed by atoms with Gasteiger partial charge in [0.1, 0.15) is 0 Å². The van der Waals surface area contributed by atoms with Gasteiger partial charge in [0, 0.05) is 11.9 Å². The molecule has 1 aliphatic rings. The summed E-state index contributed by atoms with van der Waals surface area (Å²) in [6, 6.07) is 0. The summed E-state index contributed by atoms with van der Waals surface area (Å²) in [6.07, 6.45) is 31.0. The molecule has 0 aromatic heterocycles. The fourth-order valence-corrected chi connectivity index (χ4v) is 4.48. The van der Waals surface area contributed by atoms with Crippen LogP contribution in [0.4, 0.5) is 0 Å². The molecular weight excluding hydrogens is 350 g/mol. The van der Waals surface area contributed by atoms with E-state index in [0.29, 0.717) is 0 Å². The molecule has 169 valence electrons. The fraction of sp³-hybridized carbons (Fsp3) is 0.857. The maximum absolute atomic E-state index is 4.91. The minimum Gasteiger partial charge on any atom is -0.261 e. The molecule has 1 rings (SSSR count). The lowest BCUT2D eigenvalue weighted by atomic mass is 9.94. The largest absolute Gasteiger partial charge is 0.261 e. The van der Waals surface area contributed by atoms with E-state index in [9.17, 15) is 0 Å². The molecule has 0 atom stereocenters. The molecule has 1 radical (unpaired) electrons. The van der Waals surface area contributed by atoms with Crippen molar-refractivity contribution in [3.8, 4) is 0 Å². The van der Waals surface area contributed by atoms with Gasteiger partial charge in [0.15, 0.2) is 0 Å². The Hall–Kier alpha value is -0.720. The second-order valence-electron chi connectivity index (χ2n) is 9.26. The Balaban J connectivity index is 2.40. The molecular formula is C28H52N. The van der Waals surface area contributed by atoms with Gasteiger partial charge in [0.25, 0.3) is 0 Å². The number of hydrogen-bond acceptors (Lipinski definition) is 0. The number of unbranched alkanes of at least 4 members (excludes halogenated alkanes) is 15. The van der Waals surface area contributed by atoms with Crippen LogP contribution in [-0.2, 0) is 0 Å². The van der Waals surface area contributed by atoms with Gasteiger partial charge in [-0.3, -0.25) is 5.32 Å². The highest BCUT2D eigenvalue weighted by Crippen LogP contribution is 2.32. The van der Waals surface area contributed by atoms with Crippen molar-refractivity contribution in [2.75, 3.05) is 0 Å². The van der Waals surface area contributed by atoms with Crippen molar-refractivity contribution in [1.82, 2.24) is 5.32 Å². The molecule has 0 aliphatic carbocycles. The zero-order valence-corrected chi connectivity index (χ0v) is 20.4. The Morgan fingerprint density at radius 3 is 1.41 bits per heavy atom. The van der Waals surface area contributed by atoms with Crippen molar-refractivity contribution >= 4 is 0 Å². The minimum absolute atomic E-state index is 1.22. The number of allylic oxidation sites excluding steroid dienone is 3. The van der Waals surface area contributed by atoms with Gasteiger partial charge in [-0.15, -0.1) is 0 Å². The average molecular weight is 403 g/mol. The third-order valence-electron chi connectivity index (χ3n) is 6.46. The van der Waals surface area contributed by atoms with Crippen LogP contribution in [0.15, 0.2) is 23.0 Å². The Morgan fingerprint density at radius 1 is 0.483 bits per heavy atom. The molecule has 0 spiro atoms. The van der Waals surface area contributed by atoms with Gasteiger partial charge in [-0.05, 0) is 49.7 Å². The van der Waals surface area contributed by atoms with E-state index in [4.69, 9.17) is 5.32 Å². The van der Waals surface area contributed by atoms with E-state index in [1.165, 1.54) is 141 Å². The normalized spacial score (nSPS) is 13.8. The van der Waals surface area contributed by atoms with Crippen molar-refractivity contribution < 1.29 is 0 Å². The van der Waals surface area contributed by atoms with E-state index in [1.54, 1.807) is 11.1 Å². The van der Waals surface area contributed by atoms with Crippen LogP contribution in [0.2, 0.25) is 0 Å². The molecule has 0 unspecified atom stereocenters. The molecule has 0 bridgehead atoms. The Labute approximate surface area is 184 Å². The van der Waals surface area contributed by atoms with Gasteiger partial charge in [-0.25, -0.2) is 0 Å². The van der Waals surface area contributed by atoms with Crippen molar-refractivity contribution in [3.05, 3.63) is 23.0 Å². The summed E-state index contributed by atoms with van der Waals surface area (Å²) in [7, 11) is 0. The van der Waals surface area contributed by atoms with Gasteiger partial charge in [0.05, 0.1) is 0 Å². The Kier molecular flexibility index (Phi) is 17.5. The molecule has 1 nitrogen and oxygen atoms in total. The molecule has 29 heavy (non-hydrogen) atoms. The second kappa shape index (κ2) is 19.3. The average Bonchev–Trinajstić information content (AvgIpc) is 3.11. The summed E-state index contributed by atoms with van der Waals surface area (Å²) in [5.41, 5.74) is 4.70. The van der Waals surface area contributed by atoms with Crippen LogP contribution >= 0.6 is 0 Å². The van der Waals surface area contributed by atoms with Gasteiger partial charge in [0.2, 0.25) is 0 Å². The SMILES string of the molecule is CCCCCCCCC1=C[N]C(CCCCCCCC)=C1CCCCCCCC. The molecule has 0 aromatic carbocycles. The first-order valence-electron chi connectivity index (χ1n) is 13.5. The molecule has 1 heterocycles. The molecule has 1 heteroatoms. The Morgan fingerprint density at radius 2 is 0.897 bits per heavy atom. The predicted molar refractivity (Wildman–Crippen MR) is 131 cm³/mol. The maximum Gasteiger partial charge on any atom is 0.0438 e. The number of hydrogen-bond donors (Lipinski definition) is 0. The molecule has 0 fully saturated rings. The summed E-state index contributed by atoms with van der Waals surface area (Å²) in [5, 5.41) is 4.91. The van der Waals surface area contributed by atoms with Crippen LogP contribution in [0.25, 0.3) is 0 Å². The van der Waals surface area contributed by atoms with Gasteiger partial charge in [-0.1, -0.05) is 117 Å². The van der Waals surface area contributed by atoms with Crippen LogP contribution in [-0.4, -0.2) is 0 Å². The van der Waals surface area contributed by atoms with Crippen LogP contribution in [0.5, 0.6) is 0 Å². The van der Waals surface area contributed by atoms with E-state index in [0.717, 1.165) is 0 Å². The lowest BCUT2D eigenvalue weighted by Crippen LogP contribution is -1.97.